The van der Waals surface area contributed by atoms with Crippen LogP contribution in [0.15, 0.2) is 0 Å². The third kappa shape index (κ3) is 10.0. The van der Waals surface area contributed by atoms with Crippen molar-refractivity contribution in [2.24, 2.45) is 11.3 Å². The number of rotatable bonds is 8. The largest absolute Gasteiger partial charge is 0.444 e. The van der Waals surface area contributed by atoms with Crippen molar-refractivity contribution in [2.45, 2.75) is 73.0 Å². The molecular formula is C17H36N2O3. The highest BCUT2D eigenvalue weighted by molar-refractivity contribution is 5.67. The zero-order valence-corrected chi connectivity index (χ0v) is 15.7. The molecule has 1 amide bonds. The fourth-order valence-corrected chi connectivity index (χ4v) is 2.20. The molecule has 0 heterocycles. The third-order valence-electron chi connectivity index (χ3n) is 3.30. The lowest BCUT2D eigenvalue weighted by Gasteiger charge is -2.36. The van der Waals surface area contributed by atoms with Gasteiger partial charge < -0.3 is 20.5 Å². The molecule has 5 nitrogen and oxygen atoms in total. The summed E-state index contributed by atoms with van der Waals surface area (Å²) in [5, 5.41) is 15.7. The van der Waals surface area contributed by atoms with Gasteiger partial charge in [-0.2, -0.15) is 0 Å². The highest BCUT2D eigenvalue weighted by atomic mass is 16.6. The number of carbonyl (C=O) groups is 1. The number of nitrogens with one attached hydrogen (secondary N) is 2. The molecule has 0 aliphatic rings. The van der Waals surface area contributed by atoms with Crippen molar-refractivity contribution in [2.75, 3.05) is 19.7 Å². The van der Waals surface area contributed by atoms with Gasteiger partial charge in [-0.3, -0.25) is 0 Å². The van der Waals surface area contributed by atoms with E-state index in [4.69, 9.17) is 4.74 Å². The standard InChI is InChI=1S/C17H36N2O3/c1-13(2)9-17(8,19-10-16(6,7)12-20)11-18-14(21)22-15(3,4)5/h13,19-20H,9-12H2,1-8H3,(H,18,21). The minimum absolute atomic E-state index is 0.122. The van der Waals surface area contributed by atoms with E-state index >= 15 is 0 Å². The number of aliphatic hydroxyl groups excluding tert-OH is 1. The van der Waals surface area contributed by atoms with Gasteiger partial charge in [-0.25, -0.2) is 4.79 Å². The van der Waals surface area contributed by atoms with Crippen LogP contribution in [0.1, 0.15) is 61.8 Å². The number of carbonyl (C=O) groups excluding carboxylic acids is 1. The van der Waals surface area contributed by atoms with E-state index < -0.39 is 11.7 Å². The number of ether oxygens (including phenoxy) is 1. The van der Waals surface area contributed by atoms with Crippen molar-refractivity contribution in [3.8, 4) is 0 Å². The van der Waals surface area contributed by atoms with E-state index in [2.05, 4.69) is 31.4 Å². The van der Waals surface area contributed by atoms with Gasteiger partial charge in [-0.15, -0.1) is 0 Å². The van der Waals surface area contributed by atoms with Gasteiger partial charge in [-0.1, -0.05) is 27.7 Å². The van der Waals surface area contributed by atoms with Gasteiger partial charge in [0.1, 0.15) is 5.60 Å². The van der Waals surface area contributed by atoms with E-state index in [1.807, 2.05) is 34.6 Å². The molecule has 0 bridgehead atoms. The molecule has 0 aliphatic heterocycles. The van der Waals surface area contributed by atoms with Crippen molar-refractivity contribution in [3.05, 3.63) is 0 Å². The average Bonchev–Trinajstić information content (AvgIpc) is 2.32. The second kappa shape index (κ2) is 8.16. The molecule has 1 atom stereocenters. The summed E-state index contributed by atoms with van der Waals surface area (Å²) in [5.74, 6) is 0.496. The van der Waals surface area contributed by atoms with Gasteiger partial charge in [0, 0.05) is 30.7 Å². The van der Waals surface area contributed by atoms with Crippen LogP contribution in [0.5, 0.6) is 0 Å². The molecule has 0 rings (SSSR count). The smallest absolute Gasteiger partial charge is 0.407 e. The minimum Gasteiger partial charge on any atom is -0.444 e. The average molecular weight is 316 g/mol. The van der Waals surface area contributed by atoms with Gasteiger partial charge in [0.15, 0.2) is 0 Å². The number of hydrogen-bond donors (Lipinski definition) is 3. The molecule has 0 fully saturated rings. The van der Waals surface area contributed by atoms with Gasteiger partial charge >= 0.3 is 6.09 Å². The molecule has 0 saturated carbocycles. The SMILES string of the molecule is CC(C)CC(C)(CNC(=O)OC(C)(C)C)NCC(C)(C)CO. The Morgan fingerprint density at radius 2 is 1.64 bits per heavy atom. The van der Waals surface area contributed by atoms with E-state index in [1.54, 1.807) is 0 Å². The van der Waals surface area contributed by atoms with Crippen LogP contribution in [0.3, 0.4) is 0 Å². The Kier molecular flexibility index (Phi) is 7.86. The predicted octanol–water partition coefficient (Wildman–Crippen LogP) is 2.92. The topological polar surface area (TPSA) is 70.6 Å². The van der Waals surface area contributed by atoms with Gasteiger partial charge in [0.2, 0.25) is 0 Å². The number of aliphatic hydroxyl groups is 1. The monoisotopic (exact) mass is 316 g/mol. The Morgan fingerprint density at radius 1 is 1.09 bits per heavy atom. The molecule has 132 valence electrons. The normalized spacial score (nSPS) is 15.5. The van der Waals surface area contributed by atoms with E-state index in [1.165, 1.54) is 0 Å². The highest BCUT2D eigenvalue weighted by Gasteiger charge is 2.29. The van der Waals surface area contributed by atoms with Crippen LogP contribution in [0.2, 0.25) is 0 Å². The first-order valence-corrected chi connectivity index (χ1v) is 8.11. The second-order valence-electron chi connectivity index (χ2n) is 8.69. The van der Waals surface area contributed by atoms with Crippen LogP contribution in [-0.4, -0.2) is 42.0 Å². The Morgan fingerprint density at radius 3 is 2.05 bits per heavy atom. The molecule has 0 aromatic carbocycles. The van der Waals surface area contributed by atoms with E-state index in [0.29, 0.717) is 19.0 Å². The van der Waals surface area contributed by atoms with Gasteiger partial charge in [-0.05, 0) is 40.0 Å². The molecule has 0 saturated heterocycles. The summed E-state index contributed by atoms with van der Waals surface area (Å²) in [7, 11) is 0. The number of alkyl carbamates (subject to hydrolysis) is 1. The van der Waals surface area contributed by atoms with Crippen molar-refractivity contribution >= 4 is 6.09 Å². The van der Waals surface area contributed by atoms with E-state index in [-0.39, 0.29) is 17.6 Å². The van der Waals surface area contributed by atoms with Crippen LogP contribution >= 0.6 is 0 Å². The Labute approximate surface area is 136 Å². The highest BCUT2D eigenvalue weighted by Crippen LogP contribution is 2.19. The summed E-state index contributed by atoms with van der Waals surface area (Å²) in [6.07, 6.45) is 0.523. The lowest BCUT2D eigenvalue weighted by Crippen LogP contribution is -2.55. The fraction of sp³-hybridized carbons (Fsp3) is 0.941. The second-order valence-corrected chi connectivity index (χ2v) is 8.69. The first-order valence-electron chi connectivity index (χ1n) is 8.11. The summed E-state index contributed by atoms with van der Waals surface area (Å²) < 4.78 is 5.29. The van der Waals surface area contributed by atoms with Gasteiger partial charge in [0.05, 0.1) is 0 Å². The minimum atomic E-state index is -0.495. The van der Waals surface area contributed by atoms with Crippen molar-refractivity contribution in [3.63, 3.8) is 0 Å². The maximum Gasteiger partial charge on any atom is 0.407 e. The number of amides is 1. The summed E-state index contributed by atoms with van der Waals surface area (Å²) in [6, 6.07) is 0. The molecule has 0 aliphatic carbocycles. The predicted molar refractivity (Wildman–Crippen MR) is 91.0 cm³/mol. The fourth-order valence-electron chi connectivity index (χ4n) is 2.20. The summed E-state index contributed by atoms with van der Waals surface area (Å²) in [6.45, 7) is 17.3. The first-order chi connectivity index (χ1) is 9.79. The third-order valence-corrected chi connectivity index (χ3v) is 3.30. The maximum absolute atomic E-state index is 11.8. The lowest BCUT2D eigenvalue weighted by molar-refractivity contribution is 0.0503. The van der Waals surface area contributed by atoms with E-state index in [9.17, 15) is 9.90 Å². The molecule has 22 heavy (non-hydrogen) atoms. The summed E-state index contributed by atoms with van der Waals surface area (Å²) in [4.78, 5) is 11.8. The molecule has 0 spiro atoms. The van der Waals surface area contributed by atoms with E-state index in [0.717, 1.165) is 6.42 Å². The molecule has 0 aromatic rings. The molecular weight excluding hydrogens is 280 g/mol. The Balaban J connectivity index is 4.65. The number of hydrogen-bond acceptors (Lipinski definition) is 4. The van der Waals surface area contributed by atoms with Gasteiger partial charge in [0.25, 0.3) is 0 Å². The molecule has 0 radical (unpaired) electrons. The first kappa shape index (κ1) is 21.2. The Hall–Kier alpha value is -0.810. The Bertz CT molecular complexity index is 348. The van der Waals surface area contributed by atoms with Crippen LogP contribution in [0, 0.1) is 11.3 Å². The zero-order valence-electron chi connectivity index (χ0n) is 15.7. The molecule has 0 aromatic heterocycles. The van der Waals surface area contributed by atoms with Crippen molar-refractivity contribution in [1.29, 1.82) is 0 Å². The van der Waals surface area contributed by atoms with Crippen LogP contribution in [0.4, 0.5) is 4.79 Å². The molecule has 5 heteroatoms. The summed E-state index contributed by atoms with van der Waals surface area (Å²) >= 11 is 0. The zero-order chi connectivity index (χ0) is 17.6. The summed E-state index contributed by atoms with van der Waals surface area (Å²) in [5.41, 5.74) is -0.924. The van der Waals surface area contributed by atoms with Crippen molar-refractivity contribution < 1.29 is 14.6 Å². The lowest BCUT2D eigenvalue weighted by atomic mass is 9.87. The van der Waals surface area contributed by atoms with Crippen molar-refractivity contribution in [1.82, 2.24) is 10.6 Å². The van der Waals surface area contributed by atoms with Crippen LogP contribution in [-0.2, 0) is 4.74 Å². The molecule has 3 N–H and O–H groups in total. The quantitative estimate of drug-likeness (QED) is 0.644. The van der Waals surface area contributed by atoms with Crippen LogP contribution in [0.25, 0.3) is 0 Å². The maximum atomic E-state index is 11.8. The van der Waals surface area contributed by atoms with Crippen LogP contribution < -0.4 is 10.6 Å². The molecule has 1 unspecified atom stereocenters.